The highest BCUT2D eigenvalue weighted by molar-refractivity contribution is 6.13. The standard InChI is InChI=1S/C25H22FNO2/c1-18(2)17-29-25(28)24(21-13-15-22(26)16-14-21)27-23(19-9-5-3-6-10-19)20-11-7-4-8-12-20/h3-16,24H,1,17H2,2H3. The largest absolute Gasteiger partial charge is 0.459 e. The van der Waals surface area contributed by atoms with Crippen molar-refractivity contribution in [2.24, 2.45) is 4.99 Å². The summed E-state index contributed by atoms with van der Waals surface area (Å²) in [6.45, 7) is 5.65. The molecule has 1 unspecified atom stereocenters. The lowest BCUT2D eigenvalue weighted by Gasteiger charge is -2.16. The number of hydrogen-bond acceptors (Lipinski definition) is 3. The van der Waals surface area contributed by atoms with Crippen LogP contribution in [0.25, 0.3) is 0 Å². The molecular formula is C25H22FNO2. The third-order valence-electron chi connectivity index (χ3n) is 4.22. The van der Waals surface area contributed by atoms with Gasteiger partial charge in [0.1, 0.15) is 12.4 Å². The minimum atomic E-state index is -0.926. The van der Waals surface area contributed by atoms with Gasteiger partial charge in [0.2, 0.25) is 0 Å². The molecule has 3 aromatic rings. The lowest BCUT2D eigenvalue weighted by atomic mass is 10.0. The highest BCUT2D eigenvalue weighted by atomic mass is 19.1. The molecule has 0 aliphatic rings. The summed E-state index contributed by atoms with van der Waals surface area (Å²) < 4.78 is 18.8. The van der Waals surface area contributed by atoms with Crippen LogP contribution >= 0.6 is 0 Å². The second-order valence-corrected chi connectivity index (χ2v) is 6.73. The van der Waals surface area contributed by atoms with Crippen LogP contribution in [-0.4, -0.2) is 18.3 Å². The van der Waals surface area contributed by atoms with Gasteiger partial charge in [-0.25, -0.2) is 9.18 Å². The smallest absolute Gasteiger partial charge is 0.335 e. The molecule has 0 bridgehead atoms. The Morgan fingerprint density at radius 2 is 1.45 bits per heavy atom. The molecule has 0 aromatic heterocycles. The van der Waals surface area contributed by atoms with E-state index in [2.05, 4.69) is 6.58 Å². The summed E-state index contributed by atoms with van der Waals surface area (Å²) in [7, 11) is 0. The van der Waals surface area contributed by atoms with Crippen LogP contribution in [-0.2, 0) is 9.53 Å². The average Bonchev–Trinajstić information content (AvgIpc) is 2.75. The van der Waals surface area contributed by atoms with Crippen molar-refractivity contribution < 1.29 is 13.9 Å². The van der Waals surface area contributed by atoms with Crippen LogP contribution in [0.3, 0.4) is 0 Å². The SMILES string of the molecule is C=C(C)COC(=O)C(N=C(c1ccccc1)c1ccccc1)c1ccc(F)cc1. The van der Waals surface area contributed by atoms with Crippen LogP contribution in [0, 0.1) is 5.82 Å². The maximum absolute atomic E-state index is 13.4. The molecule has 29 heavy (non-hydrogen) atoms. The van der Waals surface area contributed by atoms with Gasteiger partial charge in [-0.05, 0) is 30.2 Å². The second kappa shape index (κ2) is 9.60. The van der Waals surface area contributed by atoms with E-state index in [-0.39, 0.29) is 12.4 Å². The first-order chi connectivity index (χ1) is 14.0. The number of nitrogens with zero attached hydrogens (tertiary/aromatic N) is 1. The number of rotatable bonds is 7. The molecule has 0 amide bonds. The summed E-state index contributed by atoms with van der Waals surface area (Å²) >= 11 is 0. The number of esters is 1. The van der Waals surface area contributed by atoms with Gasteiger partial charge in [-0.3, -0.25) is 4.99 Å². The van der Waals surface area contributed by atoms with Crippen molar-refractivity contribution >= 4 is 11.7 Å². The normalized spacial score (nSPS) is 11.4. The monoisotopic (exact) mass is 387 g/mol. The lowest BCUT2D eigenvalue weighted by Crippen LogP contribution is -2.18. The third kappa shape index (κ3) is 5.48. The second-order valence-electron chi connectivity index (χ2n) is 6.73. The molecule has 0 fully saturated rings. The molecule has 0 aliphatic heterocycles. The molecular weight excluding hydrogens is 365 g/mol. The van der Waals surface area contributed by atoms with E-state index in [4.69, 9.17) is 9.73 Å². The Bertz CT molecular complexity index is 955. The zero-order valence-electron chi connectivity index (χ0n) is 16.2. The molecule has 0 saturated carbocycles. The van der Waals surface area contributed by atoms with Crippen molar-refractivity contribution in [3.05, 3.63) is 120 Å². The molecule has 3 nitrogen and oxygen atoms in total. The Kier molecular flexibility index (Phi) is 6.69. The van der Waals surface area contributed by atoms with Gasteiger partial charge in [0.15, 0.2) is 6.04 Å². The van der Waals surface area contributed by atoms with Gasteiger partial charge in [0.05, 0.1) is 5.71 Å². The number of aliphatic imine (C=N–C) groups is 1. The minimum absolute atomic E-state index is 0.109. The van der Waals surface area contributed by atoms with Gasteiger partial charge in [0.25, 0.3) is 0 Å². The first-order valence-corrected chi connectivity index (χ1v) is 9.29. The topological polar surface area (TPSA) is 38.7 Å². The zero-order valence-corrected chi connectivity index (χ0v) is 16.2. The quantitative estimate of drug-likeness (QED) is 0.304. The van der Waals surface area contributed by atoms with Crippen molar-refractivity contribution in [2.75, 3.05) is 6.61 Å². The van der Waals surface area contributed by atoms with Crippen LogP contribution in [0.15, 0.2) is 102 Å². The van der Waals surface area contributed by atoms with Crippen LogP contribution in [0.1, 0.15) is 29.7 Å². The molecule has 0 radical (unpaired) electrons. The van der Waals surface area contributed by atoms with Gasteiger partial charge in [-0.1, -0.05) is 79.4 Å². The summed E-state index contributed by atoms with van der Waals surface area (Å²) in [6, 6.07) is 24.1. The summed E-state index contributed by atoms with van der Waals surface area (Å²) in [4.78, 5) is 17.7. The predicted octanol–water partition coefficient (Wildman–Crippen LogP) is 5.52. The lowest BCUT2D eigenvalue weighted by molar-refractivity contribution is -0.144. The van der Waals surface area contributed by atoms with E-state index < -0.39 is 12.0 Å². The number of ether oxygens (including phenoxy) is 1. The maximum Gasteiger partial charge on any atom is 0.335 e. The number of halogens is 1. The van der Waals surface area contributed by atoms with Crippen LogP contribution in [0.2, 0.25) is 0 Å². The van der Waals surface area contributed by atoms with Crippen molar-refractivity contribution in [1.29, 1.82) is 0 Å². The van der Waals surface area contributed by atoms with E-state index in [1.165, 1.54) is 12.1 Å². The predicted molar refractivity (Wildman–Crippen MR) is 113 cm³/mol. The van der Waals surface area contributed by atoms with Crippen LogP contribution in [0.4, 0.5) is 4.39 Å². The molecule has 1 atom stereocenters. The number of carbonyl (C=O) groups excluding carboxylic acids is 1. The van der Waals surface area contributed by atoms with Crippen molar-refractivity contribution in [3.63, 3.8) is 0 Å². The Balaban J connectivity index is 2.10. The van der Waals surface area contributed by atoms with Crippen molar-refractivity contribution in [1.82, 2.24) is 0 Å². The summed E-state index contributed by atoms with van der Waals surface area (Å²) in [5, 5.41) is 0. The zero-order chi connectivity index (χ0) is 20.6. The van der Waals surface area contributed by atoms with Gasteiger partial charge in [-0.2, -0.15) is 0 Å². The van der Waals surface area contributed by atoms with E-state index >= 15 is 0 Å². The van der Waals surface area contributed by atoms with E-state index in [1.54, 1.807) is 19.1 Å². The van der Waals surface area contributed by atoms with E-state index in [1.807, 2.05) is 60.7 Å². The fourth-order valence-electron chi connectivity index (χ4n) is 2.82. The highest BCUT2D eigenvalue weighted by Gasteiger charge is 2.23. The molecule has 4 heteroatoms. The van der Waals surface area contributed by atoms with Crippen LogP contribution < -0.4 is 0 Å². The summed E-state index contributed by atoms with van der Waals surface area (Å²) in [6.07, 6.45) is 0. The van der Waals surface area contributed by atoms with Gasteiger partial charge >= 0.3 is 5.97 Å². The highest BCUT2D eigenvalue weighted by Crippen LogP contribution is 2.23. The molecule has 0 N–H and O–H groups in total. The third-order valence-corrected chi connectivity index (χ3v) is 4.22. The number of carbonyl (C=O) groups is 1. The van der Waals surface area contributed by atoms with E-state index in [0.717, 1.165) is 16.7 Å². The van der Waals surface area contributed by atoms with Crippen LogP contribution in [0.5, 0.6) is 0 Å². The molecule has 0 heterocycles. The molecule has 0 aliphatic carbocycles. The number of hydrogen-bond donors (Lipinski definition) is 0. The Morgan fingerprint density at radius 3 is 1.93 bits per heavy atom. The molecule has 0 saturated heterocycles. The van der Waals surface area contributed by atoms with E-state index in [9.17, 15) is 9.18 Å². The molecule has 3 aromatic carbocycles. The summed E-state index contributed by atoms with van der Waals surface area (Å²) in [5.74, 6) is -0.887. The molecule has 3 rings (SSSR count). The van der Waals surface area contributed by atoms with Gasteiger partial charge in [-0.15, -0.1) is 0 Å². The minimum Gasteiger partial charge on any atom is -0.459 e. The molecule has 146 valence electrons. The average molecular weight is 387 g/mol. The van der Waals surface area contributed by atoms with Gasteiger partial charge in [0, 0.05) is 11.1 Å². The first-order valence-electron chi connectivity index (χ1n) is 9.29. The first kappa shape index (κ1) is 20.2. The summed E-state index contributed by atoms with van der Waals surface area (Å²) in [5.41, 5.74) is 3.69. The maximum atomic E-state index is 13.4. The fraction of sp³-hybridized carbons (Fsp3) is 0.120. The van der Waals surface area contributed by atoms with Crippen molar-refractivity contribution in [3.8, 4) is 0 Å². The fourth-order valence-corrected chi connectivity index (χ4v) is 2.82. The Labute approximate surface area is 170 Å². The van der Waals surface area contributed by atoms with Gasteiger partial charge < -0.3 is 4.74 Å². The number of benzene rings is 3. The van der Waals surface area contributed by atoms with E-state index in [0.29, 0.717) is 11.3 Å². The molecule has 0 spiro atoms. The Morgan fingerprint density at radius 1 is 0.931 bits per heavy atom. The van der Waals surface area contributed by atoms with Crippen molar-refractivity contribution in [2.45, 2.75) is 13.0 Å². The Hall–Kier alpha value is -3.53.